The fourth-order valence-corrected chi connectivity index (χ4v) is 10.2. The zero-order valence-electron chi connectivity index (χ0n) is 37.0. The van der Waals surface area contributed by atoms with Gasteiger partial charge in [0.2, 0.25) is 0 Å². The van der Waals surface area contributed by atoms with Crippen LogP contribution in [0.1, 0.15) is 94.6 Å². The lowest BCUT2D eigenvalue weighted by Gasteiger charge is -2.22. The summed E-state index contributed by atoms with van der Waals surface area (Å²) in [5.74, 6) is -1.31. The van der Waals surface area contributed by atoms with Crippen molar-refractivity contribution in [3.05, 3.63) is 137 Å². The summed E-state index contributed by atoms with van der Waals surface area (Å²) in [7, 11) is 0. The van der Waals surface area contributed by atoms with Crippen LogP contribution < -0.4 is 0 Å². The third-order valence-corrected chi connectivity index (χ3v) is 15.0. The molecule has 0 N–H and O–H groups in total. The Hall–Kier alpha value is -5.73. The van der Waals surface area contributed by atoms with Gasteiger partial charge in [0.15, 0.2) is 0 Å². The van der Waals surface area contributed by atoms with E-state index in [-0.39, 0.29) is 5.56 Å². The highest BCUT2D eigenvalue weighted by atomic mass is 19.1. The molecule has 0 bridgehead atoms. The highest BCUT2D eigenvalue weighted by molar-refractivity contribution is 6.17. The van der Waals surface area contributed by atoms with Gasteiger partial charge in [-0.05, 0) is 230 Å². The molecule has 0 amide bonds. The lowest BCUT2D eigenvalue weighted by atomic mass is 9.90. The number of rotatable bonds is 3. The van der Waals surface area contributed by atoms with Crippen molar-refractivity contribution < 1.29 is 8.78 Å². The number of hydrogen-bond acceptors (Lipinski definition) is 1. The van der Waals surface area contributed by atoms with Crippen molar-refractivity contribution in [1.82, 2.24) is 9.13 Å². The molecule has 0 radical (unpaired) electrons. The van der Waals surface area contributed by atoms with Crippen LogP contribution in [0.15, 0.2) is 30.3 Å². The molecule has 2 heterocycles. The predicted molar refractivity (Wildman–Crippen MR) is 241 cm³/mol. The summed E-state index contributed by atoms with van der Waals surface area (Å²) >= 11 is 0. The van der Waals surface area contributed by atoms with E-state index >= 15 is 8.78 Å². The van der Waals surface area contributed by atoms with Gasteiger partial charge in [-0.1, -0.05) is 6.07 Å². The zero-order valence-corrected chi connectivity index (χ0v) is 37.0. The molecule has 6 aromatic carbocycles. The number of hydrogen-bond donors (Lipinski definition) is 0. The Morgan fingerprint density at radius 2 is 0.655 bits per heavy atom. The first-order valence-electron chi connectivity index (χ1n) is 20.3. The molecule has 0 aliphatic rings. The standard InChI is InChI=1S/C53H53F2N3/c1-23-27(5)35(13)50-45(31(23)9)46-32(10)24(2)28(6)36(14)51(46)57(50)43-20-39(49-41(54)18-17-19-42(49)55)21-44(40(43)22-56)58-52-37(15)29(7)25(3)33(11)47(52)48-34(12)26(4)30(8)38(16)53(48)58/h17-21H,1-16H3. The molecular formula is C53H53F2N3. The van der Waals surface area contributed by atoms with Gasteiger partial charge in [0, 0.05) is 21.5 Å². The molecule has 8 aromatic rings. The Bertz CT molecular complexity index is 2890. The minimum Gasteiger partial charge on any atom is -0.307 e. The molecule has 3 nitrogen and oxygen atoms in total. The van der Waals surface area contributed by atoms with Crippen LogP contribution in [0.5, 0.6) is 0 Å². The van der Waals surface area contributed by atoms with Crippen LogP contribution in [0.3, 0.4) is 0 Å². The number of aromatic nitrogens is 2. The molecule has 294 valence electrons. The average Bonchev–Trinajstić information content (AvgIpc) is 3.75. The molecular weight excluding hydrogens is 717 g/mol. The third kappa shape index (κ3) is 4.87. The minimum absolute atomic E-state index is 0.115. The first-order valence-corrected chi connectivity index (χ1v) is 20.3. The van der Waals surface area contributed by atoms with Gasteiger partial charge in [-0.25, -0.2) is 8.78 Å². The lowest BCUT2D eigenvalue weighted by molar-refractivity contribution is 0.589. The van der Waals surface area contributed by atoms with Crippen LogP contribution in [-0.4, -0.2) is 9.13 Å². The summed E-state index contributed by atoms with van der Waals surface area (Å²) in [6.45, 7) is 34.9. The van der Waals surface area contributed by atoms with Crippen LogP contribution in [0, 0.1) is 134 Å². The molecule has 0 aliphatic heterocycles. The maximum atomic E-state index is 16.2. The Labute approximate surface area is 341 Å². The first-order chi connectivity index (χ1) is 27.3. The second kappa shape index (κ2) is 13.1. The Morgan fingerprint density at radius 3 is 0.914 bits per heavy atom. The topological polar surface area (TPSA) is 33.6 Å². The summed E-state index contributed by atoms with van der Waals surface area (Å²) in [5, 5.41) is 16.3. The number of nitriles is 1. The van der Waals surface area contributed by atoms with Gasteiger partial charge < -0.3 is 9.13 Å². The van der Waals surface area contributed by atoms with Gasteiger partial charge in [-0.3, -0.25) is 0 Å². The molecule has 0 fully saturated rings. The van der Waals surface area contributed by atoms with E-state index in [1.54, 1.807) is 0 Å². The van der Waals surface area contributed by atoms with E-state index in [1.807, 2.05) is 12.1 Å². The van der Waals surface area contributed by atoms with E-state index in [9.17, 15) is 5.26 Å². The smallest absolute Gasteiger partial charge is 0.133 e. The summed E-state index contributed by atoms with van der Waals surface area (Å²) in [4.78, 5) is 0. The van der Waals surface area contributed by atoms with Crippen molar-refractivity contribution in [2.24, 2.45) is 0 Å². The van der Waals surface area contributed by atoms with Crippen molar-refractivity contribution in [3.8, 4) is 28.6 Å². The van der Waals surface area contributed by atoms with E-state index in [1.165, 1.54) is 85.0 Å². The molecule has 0 aliphatic carbocycles. The highest BCUT2D eigenvalue weighted by Crippen LogP contribution is 2.48. The normalized spacial score (nSPS) is 11.9. The van der Waals surface area contributed by atoms with E-state index < -0.39 is 11.6 Å². The molecule has 0 saturated heterocycles. The summed E-state index contributed by atoms with van der Waals surface area (Å²) < 4.78 is 37.0. The van der Waals surface area contributed by atoms with Crippen molar-refractivity contribution >= 4 is 43.6 Å². The van der Waals surface area contributed by atoms with Crippen molar-refractivity contribution in [2.45, 2.75) is 111 Å². The van der Waals surface area contributed by atoms with Gasteiger partial charge in [0.1, 0.15) is 23.3 Å². The zero-order chi connectivity index (χ0) is 42.3. The van der Waals surface area contributed by atoms with Crippen LogP contribution in [0.2, 0.25) is 0 Å². The maximum absolute atomic E-state index is 16.2. The number of aryl methyl sites for hydroxylation is 8. The molecule has 58 heavy (non-hydrogen) atoms. The number of nitrogens with zero attached hydrogens (tertiary/aromatic N) is 3. The van der Waals surface area contributed by atoms with Gasteiger partial charge in [-0.15, -0.1) is 0 Å². The average molecular weight is 770 g/mol. The molecule has 0 unspecified atom stereocenters. The van der Waals surface area contributed by atoms with Gasteiger partial charge in [0.05, 0.1) is 39.0 Å². The fourth-order valence-electron chi connectivity index (χ4n) is 10.2. The van der Waals surface area contributed by atoms with Crippen molar-refractivity contribution in [2.75, 3.05) is 0 Å². The van der Waals surface area contributed by atoms with Gasteiger partial charge >= 0.3 is 0 Å². The van der Waals surface area contributed by atoms with Crippen molar-refractivity contribution in [1.29, 1.82) is 5.26 Å². The van der Waals surface area contributed by atoms with E-state index in [0.29, 0.717) is 22.5 Å². The second-order valence-corrected chi connectivity index (χ2v) is 17.2. The van der Waals surface area contributed by atoms with E-state index in [0.717, 1.165) is 65.9 Å². The van der Waals surface area contributed by atoms with Gasteiger partial charge in [-0.2, -0.15) is 5.26 Å². The molecule has 2 aromatic heterocycles. The largest absolute Gasteiger partial charge is 0.307 e. The fraction of sp³-hybridized carbons (Fsp3) is 0.302. The van der Waals surface area contributed by atoms with E-state index in [2.05, 4.69) is 126 Å². The molecule has 0 atom stereocenters. The number of halogens is 2. The molecule has 8 rings (SSSR count). The van der Waals surface area contributed by atoms with Crippen LogP contribution in [0.25, 0.3) is 66.1 Å². The first kappa shape index (κ1) is 39.1. The second-order valence-electron chi connectivity index (χ2n) is 17.2. The molecule has 0 spiro atoms. The quantitative estimate of drug-likeness (QED) is 0.176. The summed E-state index contributed by atoms with van der Waals surface area (Å²) in [6.07, 6.45) is 0. The van der Waals surface area contributed by atoms with Gasteiger partial charge in [0.25, 0.3) is 0 Å². The van der Waals surface area contributed by atoms with Crippen LogP contribution in [0.4, 0.5) is 8.78 Å². The lowest BCUT2D eigenvalue weighted by Crippen LogP contribution is -2.09. The molecule has 5 heteroatoms. The van der Waals surface area contributed by atoms with Crippen LogP contribution >= 0.6 is 0 Å². The Kier molecular flexibility index (Phi) is 8.87. The highest BCUT2D eigenvalue weighted by Gasteiger charge is 2.30. The predicted octanol–water partition coefficient (Wildman–Crippen LogP) is 14.6. The number of fused-ring (bicyclic) bond motifs is 6. The Morgan fingerprint density at radius 1 is 0.397 bits per heavy atom. The summed E-state index contributed by atoms with van der Waals surface area (Å²) in [6, 6.07) is 10.5. The maximum Gasteiger partial charge on any atom is 0.133 e. The summed E-state index contributed by atoms with van der Waals surface area (Å²) in [5.41, 5.74) is 24.9. The SMILES string of the molecule is Cc1c(C)c(C)c2c(c1C)c1c(C)c(C)c(C)c(C)c1n2-c1cc(-c2c(F)cccc2F)cc(-n2c3c(C)c(C)c(C)c(C)c3c3c(C)c(C)c(C)c(C)c32)c1C#N. The Balaban J connectivity index is 1.74. The minimum atomic E-state index is -0.653. The van der Waals surface area contributed by atoms with E-state index in [4.69, 9.17) is 0 Å². The number of benzene rings is 6. The molecule has 0 saturated carbocycles. The van der Waals surface area contributed by atoms with Crippen LogP contribution in [-0.2, 0) is 0 Å². The monoisotopic (exact) mass is 769 g/mol. The third-order valence-electron chi connectivity index (χ3n) is 15.0. The van der Waals surface area contributed by atoms with Crippen molar-refractivity contribution in [3.63, 3.8) is 0 Å².